The molecule has 1 N–H and O–H groups in total. The van der Waals surface area contributed by atoms with Gasteiger partial charge in [0.1, 0.15) is 5.82 Å². The van der Waals surface area contributed by atoms with E-state index in [4.69, 9.17) is 0 Å². The SMILES string of the molecule is CNC(Cc1nccn1C)c1ccc(C)cc1. The maximum absolute atomic E-state index is 4.37. The fourth-order valence-corrected chi connectivity index (χ4v) is 1.96. The number of benzene rings is 1. The Morgan fingerprint density at radius 3 is 2.53 bits per heavy atom. The monoisotopic (exact) mass is 229 g/mol. The minimum atomic E-state index is 0.316. The van der Waals surface area contributed by atoms with E-state index in [0.29, 0.717) is 6.04 Å². The molecular weight excluding hydrogens is 210 g/mol. The molecule has 0 saturated carbocycles. The van der Waals surface area contributed by atoms with Crippen LogP contribution in [0.1, 0.15) is 23.0 Å². The molecule has 1 heterocycles. The van der Waals surface area contributed by atoms with Gasteiger partial charge in [-0.25, -0.2) is 4.98 Å². The van der Waals surface area contributed by atoms with Gasteiger partial charge in [-0.05, 0) is 19.5 Å². The van der Waals surface area contributed by atoms with E-state index in [1.54, 1.807) is 0 Å². The molecule has 17 heavy (non-hydrogen) atoms. The first kappa shape index (κ1) is 11.9. The third-order valence-corrected chi connectivity index (χ3v) is 3.14. The van der Waals surface area contributed by atoms with Crippen LogP contribution in [-0.4, -0.2) is 16.6 Å². The fourth-order valence-electron chi connectivity index (χ4n) is 1.96. The Bertz CT molecular complexity index is 470. The highest BCUT2D eigenvalue weighted by atomic mass is 15.0. The summed E-state index contributed by atoms with van der Waals surface area (Å²) in [5.74, 6) is 1.10. The molecule has 0 saturated heterocycles. The molecule has 90 valence electrons. The van der Waals surface area contributed by atoms with Crippen molar-refractivity contribution in [1.82, 2.24) is 14.9 Å². The maximum atomic E-state index is 4.37. The summed E-state index contributed by atoms with van der Waals surface area (Å²) >= 11 is 0. The number of aromatic nitrogens is 2. The Hall–Kier alpha value is -1.61. The first-order valence-corrected chi connectivity index (χ1v) is 5.90. The van der Waals surface area contributed by atoms with Crippen LogP contribution in [0.15, 0.2) is 36.7 Å². The largest absolute Gasteiger partial charge is 0.338 e. The minimum absolute atomic E-state index is 0.316. The topological polar surface area (TPSA) is 29.9 Å². The van der Waals surface area contributed by atoms with Gasteiger partial charge >= 0.3 is 0 Å². The first-order valence-electron chi connectivity index (χ1n) is 5.90. The molecule has 3 nitrogen and oxygen atoms in total. The van der Waals surface area contributed by atoms with Crippen LogP contribution in [0.3, 0.4) is 0 Å². The summed E-state index contributed by atoms with van der Waals surface area (Å²) in [6.07, 6.45) is 4.73. The Labute approximate surface area is 103 Å². The molecule has 0 amide bonds. The van der Waals surface area contributed by atoms with Crippen LogP contribution in [0.4, 0.5) is 0 Å². The molecule has 0 fully saturated rings. The van der Waals surface area contributed by atoms with Gasteiger partial charge in [0.2, 0.25) is 0 Å². The average Bonchev–Trinajstić information content (AvgIpc) is 2.73. The normalized spacial score (nSPS) is 12.6. The van der Waals surface area contributed by atoms with Crippen molar-refractivity contribution in [3.63, 3.8) is 0 Å². The van der Waals surface area contributed by atoms with Crippen LogP contribution in [0.25, 0.3) is 0 Å². The van der Waals surface area contributed by atoms with Crippen LogP contribution in [0.5, 0.6) is 0 Å². The Balaban J connectivity index is 2.17. The lowest BCUT2D eigenvalue weighted by atomic mass is 10.0. The lowest BCUT2D eigenvalue weighted by molar-refractivity contribution is 0.563. The standard InChI is InChI=1S/C14H19N3/c1-11-4-6-12(7-5-11)13(15-2)10-14-16-8-9-17(14)3/h4-9,13,15H,10H2,1-3H3. The molecule has 0 bridgehead atoms. The van der Waals surface area contributed by atoms with Crippen LogP contribution in [0, 0.1) is 6.92 Å². The molecule has 1 atom stereocenters. The van der Waals surface area contributed by atoms with Gasteiger partial charge in [0, 0.05) is 31.9 Å². The summed E-state index contributed by atoms with van der Waals surface area (Å²) in [6.45, 7) is 2.11. The lowest BCUT2D eigenvalue weighted by Crippen LogP contribution is -2.20. The summed E-state index contributed by atoms with van der Waals surface area (Å²) in [7, 11) is 4.03. The predicted molar refractivity (Wildman–Crippen MR) is 69.9 cm³/mol. The van der Waals surface area contributed by atoms with Gasteiger partial charge in [0.05, 0.1) is 0 Å². The maximum Gasteiger partial charge on any atom is 0.110 e. The van der Waals surface area contributed by atoms with E-state index in [0.717, 1.165) is 12.2 Å². The molecule has 0 spiro atoms. The molecule has 1 unspecified atom stereocenters. The zero-order valence-electron chi connectivity index (χ0n) is 10.6. The highest BCUT2D eigenvalue weighted by Gasteiger charge is 2.12. The zero-order chi connectivity index (χ0) is 12.3. The fraction of sp³-hybridized carbons (Fsp3) is 0.357. The van der Waals surface area contributed by atoms with Gasteiger partial charge in [-0.3, -0.25) is 0 Å². The molecule has 0 radical (unpaired) electrons. The second kappa shape index (κ2) is 5.15. The third-order valence-electron chi connectivity index (χ3n) is 3.14. The van der Waals surface area contributed by atoms with Gasteiger partial charge in [-0.15, -0.1) is 0 Å². The molecule has 3 heteroatoms. The van der Waals surface area contributed by atoms with Crippen LogP contribution < -0.4 is 5.32 Å². The number of hydrogen-bond donors (Lipinski definition) is 1. The number of nitrogens with one attached hydrogen (secondary N) is 1. The molecular formula is C14H19N3. The molecule has 2 aromatic rings. The quantitative estimate of drug-likeness (QED) is 0.871. The van der Waals surface area contributed by atoms with Crippen molar-refractivity contribution in [3.8, 4) is 0 Å². The van der Waals surface area contributed by atoms with Crippen molar-refractivity contribution < 1.29 is 0 Å². The predicted octanol–water partition coefficient (Wildman–Crippen LogP) is 2.23. The number of nitrogens with zero attached hydrogens (tertiary/aromatic N) is 2. The van der Waals surface area contributed by atoms with Crippen molar-refractivity contribution in [1.29, 1.82) is 0 Å². The van der Waals surface area contributed by atoms with Crippen LogP contribution in [-0.2, 0) is 13.5 Å². The van der Waals surface area contributed by atoms with Gasteiger partial charge < -0.3 is 9.88 Å². The number of likely N-dealkylation sites (N-methyl/N-ethyl adjacent to an activating group) is 1. The van der Waals surface area contributed by atoms with Gasteiger partial charge in [-0.1, -0.05) is 29.8 Å². The van der Waals surface area contributed by atoms with E-state index in [-0.39, 0.29) is 0 Å². The number of hydrogen-bond acceptors (Lipinski definition) is 2. The third kappa shape index (κ3) is 2.74. The second-order valence-electron chi connectivity index (χ2n) is 4.41. The molecule has 1 aromatic carbocycles. The van der Waals surface area contributed by atoms with Crippen molar-refractivity contribution >= 4 is 0 Å². The molecule has 2 rings (SSSR count). The molecule has 0 aliphatic carbocycles. The Kier molecular flexibility index (Phi) is 3.59. The Morgan fingerprint density at radius 1 is 1.29 bits per heavy atom. The van der Waals surface area contributed by atoms with E-state index >= 15 is 0 Å². The van der Waals surface area contributed by atoms with Crippen LogP contribution in [0.2, 0.25) is 0 Å². The summed E-state index contributed by atoms with van der Waals surface area (Å²) in [5, 5.41) is 3.35. The van der Waals surface area contributed by atoms with Crippen molar-refractivity contribution in [3.05, 3.63) is 53.6 Å². The number of aryl methyl sites for hydroxylation is 2. The Morgan fingerprint density at radius 2 is 2.00 bits per heavy atom. The lowest BCUT2D eigenvalue weighted by Gasteiger charge is -2.16. The first-order chi connectivity index (χ1) is 8.20. The molecule has 0 aliphatic heterocycles. The summed E-state index contributed by atoms with van der Waals surface area (Å²) in [4.78, 5) is 4.37. The van der Waals surface area contributed by atoms with E-state index in [9.17, 15) is 0 Å². The highest BCUT2D eigenvalue weighted by molar-refractivity contribution is 5.24. The van der Waals surface area contributed by atoms with Crippen LogP contribution >= 0.6 is 0 Å². The van der Waals surface area contributed by atoms with E-state index < -0.39 is 0 Å². The van der Waals surface area contributed by atoms with E-state index in [2.05, 4.69) is 46.1 Å². The number of rotatable bonds is 4. The summed E-state index contributed by atoms with van der Waals surface area (Å²) in [5.41, 5.74) is 2.60. The number of imidazole rings is 1. The van der Waals surface area contributed by atoms with Gasteiger partial charge in [0.25, 0.3) is 0 Å². The second-order valence-corrected chi connectivity index (χ2v) is 4.41. The summed E-state index contributed by atoms with van der Waals surface area (Å²) < 4.78 is 2.07. The van der Waals surface area contributed by atoms with Crippen molar-refractivity contribution in [2.45, 2.75) is 19.4 Å². The van der Waals surface area contributed by atoms with Gasteiger partial charge in [0.15, 0.2) is 0 Å². The highest BCUT2D eigenvalue weighted by Crippen LogP contribution is 2.17. The average molecular weight is 229 g/mol. The summed E-state index contributed by atoms with van der Waals surface area (Å²) in [6, 6.07) is 8.98. The van der Waals surface area contributed by atoms with Crippen molar-refractivity contribution in [2.75, 3.05) is 7.05 Å². The van der Waals surface area contributed by atoms with Gasteiger partial charge in [-0.2, -0.15) is 0 Å². The van der Waals surface area contributed by atoms with E-state index in [1.807, 2.05) is 26.5 Å². The van der Waals surface area contributed by atoms with E-state index in [1.165, 1.54) is 11.1 Å². The molecule has 1 aromatic heterocycles. The zero-order valence-corrected chi connectivity index (χ0v) is 10.6. The van der Waals surface area contributed by atoms with Crippen molar-refractivity contribution in [2.24, 2.45) is 7.05 Å². The smallest absolute Gasteiger partial charge is 0.110 e. The molecule has 0 aliphatic rings. The minimum Gasteiger partial charge on any atom is -0.338 e.